The van der Waals surface area contributed by atoms with Gasteiger partial charge in [0.15, 0.2) is 11.5 Å². The second-order valence-corrected chi connectivity index (χ2v) is 6.35. The highest BCUT2D eigenvalue weighted by Gasteiger charge is 2.12. The number of methoxy groups -OCH3 is 1. The normalized spacial score (nSPS) is 10.7. The Morgan fingerprint density at radius 1 is 0.897 bits per heavy atom. The lowest BCUT2D eigenvalue weighted by molar-refractivity contribution is 0.305. The molecule has 0 unspecified atom stereocenters. The predicted molar refractivity (Wildman–Crippen MR) is 114 cm³/mol. The fourth-order valence-corrected chi connectivity index (χ4v) is 3.13. The fourth-order valence-electron chi connectivity index (χ4n) is 3.13. The van der Waals surface area contributed by atoms with Crippen LogP contribution in [0.3, 0.4) is 0 Å². The van der Waals surface area contributed by atoms with Crippen LogP contribution in [0.25, 0.3) is 16.6 Å². The summed E-state index contributed by atoms with van der Waals surface area (Å²) in [6.45, 7) is 0.855. The topological polar surface area (TPSA) is 65.4 Å². The molecule has 6 nitrogen and oxygen atoms in total. The van der Waals surface area contributed by atoms with Crippen LogP contribution in [0.15, 0.2) is 83.7 Å². The minimum Gasteiger partial charge on any atom is -0.493 e. The van der Waals surface area contributed by atoms with Crippen molar-refractivity contribution < 1.29 is 9.47 Å². The molecule has 0 radical (unpaired) electrons. The molecule has 1 N–H and O–H groups in total. The molecular formula is C23H21N3O3. The molecule has 29 heavy (non-hydrogen) atoms. The summed E-state index contributed by atoms with van der Waals surface area (Å²) in [5, 5.41) is 3.81. The molecule has 0 atom stereocenters. The van der Waals surface area contributed by atoms with Gasteiger partial charge in [-0.3, -0.25) is 4.79 Å². The molecule has 0 aliphatic carbocycles. The number of rotatable bonds is 7. The Balaban J connectivity index is 1.60. The van der Waals surface area contributed by atoms with Gasteiger partial charge in [-0.1, -0.05) is 42.5 Å². The second-order valence-electron chi connectivity index (χ2n) is 6.35. The van der Waals surface area contributed by atoms with E-state index in [0.717, 1.165) is 5.69 Å². The number of hydrogen-bond donors (Lipinski definition) is 1. The fraction of sp³-hybridized carbons (Fsp3) is 0.130. The average Bonchev–Trinajstić information content (AvgIpc) is 2.78. The molecule has 6 heteroatoms. The molecule has 1 heterocycles. The van der Waals surface area contributed by atoms with Crippen molar-refractivity contribution in [1.82, 2.24) is 9.55 Å². The molecule has 146 valence electrons. The molecule has 0 amide bonds. The highest BCUT2D eigenvalue weighted by atomic mass is 16.5. The molecule has 0 spiro atoms. The number of aromatic nitrogens is 2. The van der Waals surface area contributed by atoms with E-state index in [1.54, 1.807) is 17.7 Å². The summed E-state index contributed by atoms with van der Waals surface area (Å²) in [5.74, 6) is 1.82. The van der Waals surface area contributed by atoms with E-state index in [1.807, 2.05) is 72.8 Å². The SMILES string of the molecule is COc1ccccc1OCCNc1nc2ccccc2c(=O)n1-c1ccccc1. The Kier molecular flexibility index (Phi) is 5.42. The van der Waals surface area contributed by atoms with Crippen molar-refractivity contribution in [3.05, 3.63) is 89.2 Å². The maximum Gasteiger partial charge on any atom is 0.267 e. The van der Waals surface area contributed by atoms with Crippen LogP contribution < -0.4 is 20.3 Å². The maximum absolute atomic E-state index is 13.1. The average molecular weight is 387 g/mol. The zero-order valence-electron chi connectivity index (χ0n) is 16.0. The Hall–Kier alpha value is -3.80. The van der Waals surface area contributed by atoms with Crippen LogP contribution in [0.2, 0.25) is 0 Å². The van der Waals surface area contributed by atoms with Crippen molar-refractivity contribution in [3.63, 3.8) is 0 Å². The van der Waals surface area contributed by atoms with Crippen LogP contribution in [0.5, 0.6) is 11.5 Å². The van der Waals surface area contributed by atoms with E-state index < -0.39 is 0 Å². The molecule has 4 aromatic rings. The van der Waals surface area contributed by atoms with Crippen molar-refractivity contribution in [3.8, 4) is 17.2 Å². The van der Waals surface area contributed by atoms with Crippen LogP contribution in [0.4, 0.5) is 5.95 Å². The number of hydrogen-bond acceptors (Lipinski definition) is 5. The van der Waals surface area contributed by atoms with Gasteiger partial charge in [0.25, 0.3) is 5.56 Å². The minimum atomic E-state index is -0.116. The Labute approximate surface area is 168 Å². The second kappa shape index (κ2) is 8.48. The van der Waals surface area contributed by atoms with Gasteiger partial charge in [0.1, 0.15) is 6.61 Å². The lowest BCUT2D eigenvalue weighted by atomic mass is 10.2. The number of benzene rings is 3. The van der Waals surface area contributed by atoms with Crippen LogP contribution in [-0.4, -0.2) is 29.8 Å². The first-order valence-electron chi connectivity index (χ1n) is 9.35. The summed E-state index contributed by atoms with van der Waals surface area (Å²) in [4.78, 5) is 17.8. The number of para-hydroxylation sites is 4. The smallest absolute Gasteiger partial charge is 0.267 e. The minimum absolute atomic E-state index is 0.116. The lowest BCUT2D eigenvalue weighted by Gasteiger charge is -2.15. The molecule has 0 saturated heterocycles. The molecule has 3 aromatic carbocycles. The monoisotopic (exact) mass is 387 g/mol. The third kappa shape index (κ3) is 3.91. The van der Waals surface area contributed by atoms with Crippen LogP contribution in [0, 0.1) is 0 Å². The van der Waals surface area contributed by atoms with Gasteiger partial charge in [-0.05, 0) is 36.4 Å². The number of nitrogens with one attached hydrogen (secondary N) is 1. The van der Waals surface area contributed by atoms with Gasteiger partial charge in [0.2, 0.25) is 5.95 Å². The van der Waals surface area contributed by atoms with E-state index in [-0.39, 0.29) is 5.56 Å². The van der Waals surface area contributed by atoms with Gasteiger partial charge >= 0.3 is 0 Å². The van der Waals surface area contributed by atoms with E-state index in [9.17, 15) is 4.79 Å². The zero-order chi connectivity index (χ0) is 20.1. The number of ether oxygens (including phenoxy) is 2. The summed E-state index contributed by atoms with van der Waals surface area (Å²) in [5.41, 5.74) is 1.29. The molecular weight excluding hydrogens is 366 g/mol. The Bertz CT molecular complexity index is 1170. The summed E-state index contributed by atoms with van der Waals surface area (Å²) in [6.07, 6.45) is 0. The van der Waals surface area contributed by atoms with E-state index >= 15 is 0 Å². The van der Waals surface area contributed by atoms with Gasteiger partial charge < -0.3 is 14.8 Å². The first kappa shape index (κ1) is 18.6. The molecule has 0 fully saturated rings. The number of nitrogens with zero attached hydrogens (tertiary/aromatic N) is 2. The molecule has 0 aliphatic rings. The summed E-state index contributed by atoms with van der Waals surface area (Å²) >= 11 is 0. The number of anilines is 1. The molecule has 1 aromatic heterocycles. The highest BCUT2D eigenvalue weighted by molar-refractivity contribution is 5.79. The Morgan fingerprint density at radius 3 is 2.38 bits per heavy atom. The summed E-state index contributed by atoms with van der Waals surface area (Å²) in [7, 11) is 1.61. The lowest BCUT2D eigenvalue weighted by Crippen LogP contribution is -2.25. The third-order valence-electron chi connectivity index (χ3n) is 4.50. The van der Waals surface area contributed by atoms with Gasteiger partial charge in [0, 0.05) is 0 Å². The first-order valence-corrected chi connectivity index (χ1v) is 9.35. The summed E-state index contributed by atoms with van der Waals surface area (Å²) < 4.78 is 12.7. The van der Waals surface area contributed by atoms with Crippen molar-refractivity contribution >= 4 is 16.9 Å². The summed E-state index contributed by atoms with van der Waals surface area (Å²) in [6, 6.07) is 24.3. The van der Waals surface area contributed by atoms with Crippen LogP contribution >= 0.6 is 0 Å². The predicted octanol–water partition coefficient (Wildman–Crippen LogP) is 3.89. The standard InChI is InChI=1S/C23H21N3O3/c1-28-20-13-7-8-14-21(20)29-16-15-24-23-25-19-12-6-5-11-18(19)22(27)26(23)17-9-3-2-4-10-17/h2-14H,15-16H2,1H3,(H,24,25). The first-order chi connectivity index (χ1) is 14.3. The molecule has 0 aliphatic heterocycles. The van der Waals surface area contributed by atoms with E-state index in [0.29, 0.717) is 41.5 Å². The molecule has 0 saturated carbocycles. The van der Waals surface area contributed by atoms with Crippen molar-refractivity contribution in [2.75, 3.05) is 25.6 Å². The molecule has 4 rings (SSSR count). The van der Waals surface area contributed by atoms with Gasteiger partial charge in [0.05, 0.1) is 30.2 Å². The van der Waals surface area contributed by atoms with Gasteiger partial charge in [-0.2, -0.15) is 0 Å². The van der Waals surface area contributed by atoms with Gasteiger partial charge in [-0.25, -0.2) is 9.55 Å². The van der Waals surface area contributed by atoms with Crippen molar-refractivity contribution in [2.24, 2.45) is 0 Å². The highest BCUT2D eigenvalue weighted by Crippen LogP contribution is 2.25. The maximum atomic E-state index is 13.1. The molecule has 0 bridgehead atoms. The van der Waals surface area contributed by atoms with Crippen LogP contribution in [-0.2, 0) is 0 Å². The zero-order valence-corrected chi connectivity index (χ0v) is 16.0. The van der Waals surface area contributed by atoms with Gasteiger partial charge in [-0.15, -0.1) is 0 Å². The van der Waals surface area contributed by atoms with E-state index in [1.165, 1.54) is 0 Å². The van der Waals surface area contributed by atoms with Crippen molar-refractivity contribution in [1.29, 1.82) is 0 Å². The van der Waals surface area contributed by atoms with E-state index in [4.69, 9.17) is 9.47 Å². The number of fused-ring (bicyclic) bond motifs is 1. The Morgan fingerprint density at radius 2 is 1.59 bits per heavy atom. The largest absolute Gasteiger partial charge is 0.493 e. The van der Waals surface area contributed by atoms with E-state index in [2.05, 4.69) is 10.3 Å². The quantitative estimate of drug-likeness (QED) is 0.488. The van der Waals surface area contributed by atoms with Crippen molar-refractivity contribution in [2.45, 2.75) is 0 Å². The van der Waals surface area contributed by atoms with Crippen LogP contribution in [0.1, 0.15) is 0 Å². The third-order valence-corrected chi connectivity index (χ3v) is 4.50.